The smallest absolute Gasteiger partial charge is 2.00 e. The quantitative estimate of drug-likeness (QED) is 0.563. The molecule has 0 saturated heterocycles. The predicted molar refractivity (Wildman–Crippen MR) is 2.06 cm³/mol. The van der Waals surface area contributed by atoms with E-state index >= 15 is 0 Å². The molecule has 0 fully saturated rings. The molecule has 3 nitrogen and oxygen atoms in total. The average Bonchev–Trinajstić information content (AvgIpc) is 0. The molecule has 0 saturated carbocycles. The fourth-order valence-electron chi connectivity index (χ4n) is 0. The minimum absolute atomic E-state index is 0. The Bertz CT molecular complexity index is 6.85. The second kappa shape index (κ2) is 31.5. The van der Waals surface area contributed by atoms with E-state index in [1.807, 2.05) is 0 Å². The van der Waals surface area contributed by atoms with Gasteiger partial charge in [-0.1, -0.05) is 0 Å². The van der Waals surface area contributed by atoms with Crippen LogP contribution < -0.4 is 0 Å². The SMILES string of the molecule is [Ce+3].[Lu+3].[O-2].[O-2].[O-2]. The first-order valence-corrected chi connectivity index (χ1v) is 0. The second-order valence-electron chi connectivity index (χ2n) is 0. The molecule has 0 unspecified atom stereocenters. The Morgan fingerprint density at radius 2 is 0.600 bits per heavy atom. The molecule has 37 valence electrons. The van der Waals surface area contributed by atoms with Gasteiger partial charge in [0.15, 0.2) is 0 Å². The zero-order valence-corrected chi connectivity index (χ0v) is 6.78. The van der Waals surface area contributed by atoms with E-state index in [0.29, 0.717) is 0 Å². The van der Waals surface area contributed by atoms with Crippen molar-refractivity contribution in [1.29, 1.82) is 0 Å². The summed E-state index contributed by atoms with van der Waals surface area (Å²) in [4.78, 5) is 0. The van der Waals surface area contributed by atoms with Gasteiger partial charge in [0.25, 0.3) is 0 Å². The molecular formula is CeLuO3. The van der Waals surface area contributed by atoms with E-state index in [1.54, 1.807) is 0 Å². The first-order chi connectivity index (χ1) is 0. The Labute approximate surface area is 93.0 Å². The van der Waals surface area contributed by atoms with Crippen molar-refractivity contribution in [3.8, 4) is 0 Å². The normalized spacial score (nSPS) is 0. The van der Waals surface area contributed by atoms with Gasteiger partial charge >= 0.3 is 78.6 Å². The Morgan fingerprint density at radius 3 is 0.600 bits per heavy atom. The zero-order valence-electron chi connectivity index (χ0n) is 1.98. The van der Waals surface area contributed by atoms with E-state index in [9.17, 15) is 0 Å². The van der Waals surface area contributed by atoms with Crippen LogP contribution in [-0.4, -0.2) is 0 Å². The summed E-state index contributed by atoms with van der Waals surface area (Å²) in [6.07, 6.45) is 0. The van der Waals surface area contributed by atoms with Gasteiger partial charge in [-0.15, -0.1) is 0 Å². The molecule has 0 bridgehead atoms. The Hall–Kier alpha value is 2.49. The molecule has 0 aliphatic heterocycles. The van der Waals surface area contributed by atoms with Crippen molar-refractivity contribution in [2.75, 3.05) is 0 Å². The molecule has 0 rings (SSSR count). The van der Waals surface area contributed by atoms with Gasteiger partial charge in [0.2, 0.25) is 0 Å². The van der Waals surface area contributed by atoms with Crippen LogP contribution in [0.25, 0.3) is 0 Å². The van der Waals surface area contributed by atoms with Gasteiger partial charge in [-0.2, -0.15) is 0 Å². The minimum Gasteiger partial charge on any atom is -2.00 e. The van der Waals surface area contributed by atoms with Crippen molar-refractivity contribution in [3.63, 3.8) is 0 Å². The Kier molecular flexibility index (Phi) is 321. The molecule has 5 heteroatoms. The van der Waals surface area contributed by atoms with Crippen LogP contribution in [0.5, 0.6) is 0 Å². The monoisotopic (exact) mass is 363 g/mol. The van der Waals surface area contributed by atoms with Crippen molar-refractivity contribution >= 4 is 0 Å². The molecule has 1 radical (unpaired) electrons. The van der Waals surface area contributed by atoms with Gasteiger partial charge in [0.1, 0.15) is 0 Å². The summed E-state index contributed by atoms with van der Waals surface area (Å²) in [6, 6.07) is 0. The third-order valence-electron chi connectivity index (χ3n) is 0. The molecule has 0 spiro atoms. The summed E-state index contributed by atoms with van der Waals surface area (Å²) in [5.74, 6) is 0. The Morgan fingerprint density at radius 1 is 0.600 bits per heavy atom. The van der Waals surface area contributed by atoms with E-state index in [4.69, 9.17) is 0 Å². The van der Waals surface area contributed by atoms with Crippen molar-refractivity contribution < 1.29 is 95.1 Å². The summed E-state index contributed by atoms with van der Waals surface area (Å²) < 4.78 is 0. The van der Waals surface area contributed by atoms with E-state index in [0.717, 1.165) is 0 Å². The van der Waals surface area contributed by atoms with Crippen LogP contribution in [0.3, 0.4) is 0 Å². The molecule has 0 heterocycles. The number of hydrogen-bond donors (Lipinski definition) is 0. The maximum Gasteiger partial charge on any atom is 3.00 e. The number of hydrogen-bond acceptors (Lipinski definition) is 0. The van der Waals surface area contributed by atoms with Crippen molar-refractivity contribution in [1.82, 2.24) is 0 Å². The molecular weight excluding hydrogens is 363 g/mol. The minimum atomic E-state index is 0. The van der Waals surface area contributed by atoms with Crippen LogP contribution in [0, 0.1) is 78.6 Å². The van der Waals surface area contributed by atoms with Crippen LogP contribution >= 0.6 is 0 Å². The second-order valence-corrected chi connectivity index (χ2v) is 0. The molecule has 0 atom stereocenters. The first kappa shape index (κ1) is 50.9. The Balaban J connectivity index is 0. The van der Waals surface area contributed by atoms with Crippen molar-refractivity contribution in [3.05, 3.63) is 0 Å². The zero-order chi connectivity index (χ0) is 0. The van der Waals surface area contributed by atoms with E-state index in [-0.39, 0.29) is 95.1 Å². The van der Waals surface area contributed by atoms with Crippen LogP contribution in [-0.2, 0) is 16.4 Å². The van der Waals surface area contributed by atoms with Gasteiger partial charge in [-0.3, -0.25) is 0 Å². The summed E-state index contributed by atoms with van der Waals surface area (Å²) in [6.45, 7) is 0. The molecule has 0 amide bonds. The maximum atomic E-state index is 0. The van der Waals surface area contributed by atoms with Crippen molar-refractivity contribution in [2.45, 2.75) is 0 Å². The molecule has 0 aromatic carbocycles. The van der Waals surface area contributed by atoms with E-state index in [2.05, 4.69) is 0 Å². The van der Waals surface area contributed by atoms with Gasteiger partial charge < -0.3 is 16.4 Å². The molecule has 0 N–H and O–H groups in total. The van der Waals surface area contributed by atoms with Crippen LogP contribution in [0.1, 0.15) is 0 Å². The third kappa shape index (κ3) is 21.1. The summed E-state index contributed by atoms with van der Waals surface area (Å²) in [5, 5.41) is 0. The molecule has 0 aromatic rings. The van der Waals surface area contributed by atoms with Crippen LogP contribution in [0.15, 0.2) is 0 Å². The summed E-state index contributed by atoms with van der Waals surface area (Å²) in [5.41, 5.74) is 0. The largest absolute Gasteiger partial charge is 3.00 e. The van der Waals surface area contributed by atoms with Gasteiger partial charge in [0, 0.05) is 0 Å². The van der Waals surface area contributed by atoms with Gasteiger partial charge in [-0.25, -0.2) is 0 Å². The first-order valence-electron chi connectivity index (χ1n) is 0. The van der Waals surface area contributed by atoms with E-state index in [1.165, 1.54) is 0 Å². The van der Waals surface area contributed by atoms with Crippen LogP contribution in [0.2, 0.25) is 0 Å². The van der Waals surface area contributed by atoms with Crippen molar-refractivity contribution in [2.24, 2.45) is 0 Å². The molecule has 0 aromatic heterocycles. The average molecular weight is 363 g/mol. The fraction of sp³-hybridized carbons (Fsp3) is 0. The molecule has 0 aliphatic rings. The number of rotatable bonds is 0. The van der Waals surface area contributed by atoms with Gasteiger partial charge in [-0.05, 0) is 0 Å². The maximum absolute atomic E-state index is 0. The predicted octanol–water partition coefficient (Wildman–Crippen LogP) is -0.356. The molecule has 0 aliphatic carbocycles. The van der Waals surface area contributed by atoms with Crippen LogP contribution in [0.4, 0.5) is 0 Å². The topological polar surface area (TPSA) is 85.5 Å². The summed E-state index contributed by atoms with van der Waals surface area (Å²) >= 11 is 0. The fourth-order valence-corrected chi connectivity index (χ4v) is 0. The third-order valence-corrected chi connectivity index (χ3v) is 0. The van der Waals surface area contributed by atoms with E-state index < -0.39 is 0 Å². The molecule has 5 heavy (non-hydrogen) atoms. The summed E-state index contributed by atoms with van der Waals surface area (Å²) in [7, 11) is 0. The van der Waals surface area contributed by atoms with Gasteiger partial charge in [0.05, 0.1) is 0 Å². The standard InChI is InChI=1S/Ce.Lu.3O/q2*+3;3*-2.